The van der Waals surface area contributed by atoms with Gasteiger partial charge in [-0.15, -0.1) is 0 Å². The van der Waals surface area contributed by atoms with Crippen molar-refractivity contribution in [2.24, 2.45) is 0 Å². The van der Waals surface area contributed by atoms with Crippen molar-refractivity contribution in [2.45, 2.75) is 43.4 Å². The monoisotopic (exact) mass is 535 g/mol. The van der Waals surface area contributed by atoms with Crippen molar-refractivity contribution in [3.05, 3.63) is 96.2 Å². The van der Waals surface area contributed by atoms with Crippen LogP contribution in [0.1, 0.15) is 37.5 Å². The van der Waals surface area contributed by atoms with E-state index in [-0.39, 0.29) is 16.3 Å². The number of nitrogens with zero attached hydrogens (tertiary/aromatic N) is 1. The van der Waals surface area contributed by atoms with Gasteiger partial charge in [-0.1, -0.05) is 30.3 Å². The summed E-state index contributed by atoms with van der Waals surface area (Å²) >= 11 is 0. The van der Waals surface area contributed by atoms with E-state index in [2.05, 4.69) is 28.5 Å². The molecule has 4 aromatic rings. The van der Waals surface area contributed by atoms with Gasteiger partial charge in [0.25, 0.3) is 10.0 Å². The normalized spacial score (nSPS) is 12.8. The molecular formula is C28H33N5O4S. The second kappa shape index (κ2) is 11.4. The van der Waals surface area contributed by atoms with Gasteiger partial charge < -0.3 is 15.0 Å². The van der Waals surface area contributed by atoms with Gasteiger partial charge in [-0.05, 0) is 74.4 Å². The zero-order valence-electron chi connectivity index (χ0n) is 21.3. The molecule has 3 aromatic carbocycles. The summed E-state index contributed by atoms with van der Waals surface area (Å²) in [5.74, 6) is -0.0531. The topological polar surface area (TPSA) is 139 Å². The Morgan fingerprint density at radius 2 is 1.79 bits per heavy atom. The van der Waals surface area contributed by atoms with Crippen molar-refractivity contribution in [3.63, 3.8) is 0 Å². The molecule has 0 aliphatic carbocycles. The van der Waals surface area contributed by atoms with Gasteiger partial charge in [0, 0.05) is 47.0 Å². The van der Waals surface area contributed by atoms with E-state index >= 15 is 0 Å². The molecule has 0 fully saturated rings. The molecule has 6 N–H and O–H groups in total. The van der Waals surface area contributed by atoms with Crippen molar-refractivity contribution in [2.75, 3.05) is 11.3 Å². The molecule has 0 aliphatic rings. The Morgan fingerprint density at radius 3 is 2.53 bits per heavy atom. The average Bonchev–Trinajstić information content (AvgIpc) is 3.33. The number of anilines is 1. The molecule has 38 heavy (non-hydrogen) atoms. The second-order valence-corrected chi connectivity index (χ2v) is 11.5. The number of aryl methyl sites for hydroxylation is 1. The Balaban J connectivity index is 1.35. The molecule has 0 saturated carbocycles. The SMILES string of the molecule is CC(C)(CCn1ccc2cc(C(=N)NO)ccc21)NCC(O)c1cccc(NS(=O)(=O)c2ccccc2)c1. The van der Waals surface area contributed by atoms with Crippen LogP contribution < -0.4 is 15.5 Å². The highest BCUT2D eigenvalue weighted by Crippen LogP contribution is 2.23. The highest BCUT2D eigenvalue weighted by atomic mass is 32.2. The number of benzene rings is 3. The van der Waals surface area contributed by atoms with Crippen LogP contribution in [-0.4, -0.2) is 41.2 Å². The fourth-order valence-corrected chi connectivity index (χ4v) is 5.29. The summed E-state index contributed by atoms with van der Waals surface area (Å²) in [6.45, 7) is 5.18. The van der Waals surface area contributed by atoms with Crippen molar-refractivity contribution >= 4 is 32.4 Å². The van der Waals surface area contributed by atoms with Gasteiger partial charge in [-0.2, -0.15) is 0 Å². The lowest BCUT2D eigenvalue weighted by Gasteiger charge is -2.28. The first-order valence-electron chi connectivity index (χ1n) is 12.3. The van der Waals surface area contributed by atoms with E-state index in [0.29, 0.717) is 23.4 Å². The zero-order valence-corrected chi connectivity index (χ0v) is 22.2. The van der Waals surface area contributed by atoms with Gasteiger partial charge in [-0.3, -0.25) is 20.8 Å². The van der Waals surface area contributed by atoms with Gasteiger partial charge >= 0.3 is 0 Å². The van der Waals surface area contributed by atoms with Crippen LogP contribution in [0.25, 0.3) is 10.9 Å². The summed E-state index contributed by atoms with van der Waals surface area (Å²) in [5.41, 5.74) is 4.21. The number of nitrogens with one attached hydrogen (secondary N) is 4. The van der Waals surface area contributed by atoms with Gasteiger partial charge in [0.05, 0.1) is 11.0 Å². The molecule has 4 rings (SSSR count). The van der Waals surface area contributed by atoms with Crippen LogP contribution in [-0.2, 0) is 16.6 Å². The van der Waals surface area contributed by atoms with Crippen molar-refractivity contribution in [1.29, 1.82) is 5.41 Å². The van der Waals surface area contributed by atoms with Gasteiger partial charge in [0.1, 0.15) is 5.84 Å². The zero-order chi connectivity index (χ0) is 27.3. The van der Waals surface area contributed by atoms with E-state index < -0.39 is 16.1 Å². The molecular weight excluding hydrogens is 502 g/mol. The number of aromatic nitrogens is 1. The smallest absolute Gasteiger partial charge is 0.261 e. The highest BCUT2D eigenvalue weighted by Gasteiger charge is 2.20. The summed E-state index contributed by atoms with van der Waals surface area (Å²) in [7, 11) is -3.72. The number of hydrogen-bond acceptors (Lipinski definition) is 6. The third-order valence-corrected chi connectivity index (χ3v) is 7.90. The third kappa shape index (κ3) is 6.59. The molecule has 1 aromatic heterocycles. The summed E-state index contributed by atoms with van der Waals surface area (Å²) in [4.78, 5) is 0.173. The third-order valence-electron chi connectivity index (χ3n) is 6.50. The van der Waals surface area contributed by atoms with Gasteiger partial charge in [0.2, 0.25) is 0 Å². The summed E-state index contributed by atoms with van der Waals surface area (Å²) in [5, 5.41) is 31.9. The van der Waals surface area contributed by atoms with Crippen molar-refractivity contribution in [3.8, 4) is 0 Å². The Morgan fingerprint density at radius 1 is 1.03 bits per heavy atom. The number of aliphatic hydroxyl groups is 1. The Kier molecular flexibility index (Phi) is 8.17. The first kappa shape index (κ1) is 27.3. The molecule has 0 amide bonds. The Hall–Kier alpha value is -3.70. The molecule has 0 spiro atoms. The van der Waals surface area contributed by atoms with E-state index in [9.17, 15) is 13.5 Å². The van der Waals surface area contributed by atoms with Crippen LogP contribution >= 0.6 is 0 Å². The Bertz CT molecular complexity index is 1520. The molecule has 0 radical (unpaired) electrons. The molecule has 0 bridgehead atoms. The standard InChI is InChI=1S/C28H33N5O4S/c1-28(2,14-16-33-15-13-20-17-22(27(29)31-35)11-12-25(20)33)30-19-26(34)21-7-6-8-23(18-21)32-38(36,37)24-9-4-3-5-10-24/h3-13,15,17-18,26,30,32,34-35H,14,16,19H2,1-2H3,(H2,29,31). The number of fused-ring (bicyclic) bond motifs is 1. The molecule has 1 atom stereocenters. The predicted molar refractivity (Wildman–Crippen MR) is 149 cm³/mol. The molecule has 0 saturated heterocycles. The van der Waals surface area contributed by atoms with E-state index in [0.717, 1.165) is 23.9 Å². The maximum atomic E-state index is 12.6. The molecule has 0 aliphatic heterocycles. The lowest BCUT2D eigenvalue weighted by Crippen LogP contribution is -2.42. The number of sulfonamides is 1. The number of hydrogen-bond donors (Lipinski definition) is 6. The minimum Gasteiger partial charge on any atom is -0.387 e. The lowest BCUT2D eigenvalue weighted by atomic mass is 9.99. The van der Waals surface area contributed by atoms with Crippen molar-refractivity contribution < 1.29 is 18.7 Å². The minimum atomic E-state index is -3.72. The minimum absolute atomic E-state index is 0.0531. The molecule has 1 unspecified atom stereocenters. The van der Waals surface area contributed by atoms with E-state index in [4.69, 9.17) is 10.6 Å². The number of amidine groups is 1. The molecule has 1 heterocycles. The van der Waals surface area contributed by atoms with Crippen LogP contribution in [0, 0.1) is 5.41 Å². The van der Waals surface area contributed by atoms with Crippen LogP contribution in [0.3, 0.4) is 0 Å². The fourth-order valence-electron chi connectivity index (χ4n) is 4.22. The molecule has 9 nitrogen and oxygen atoms in total. The van der Waals surface area contributed by atoms with Crippen LogP contribution in [0.4, 0.5) is 5.69 Å². The van der Waals surface area contributed by atoms with Crippen LogP contribution in [0.2, 0.25) is 0 Å². The summed E-state index contributed by atoms with van der Waals surface area (Å²) < 4.78 is 30.0. The maximum absolute atomic E-state index is 12.6. The highest BCUT2D eigenvalue weighted by molar-refractivity contribution is 7.92. The van der Waals surface area contributed by atoms with E-state index in [1.54, 1.807) is 48.5 Å². The lowest BCUT2D eigenvalue weighted by molar-refractivity contribution is 0.158. The van der Waals surface area contributed by atoms with Gasteiger partial charge in [0.15, 0.2) is 0 Å². The molecule has 10 heteroatoms. The number of aliphatic hydroxyl groups excluding tert-OH is 1. The first-order chi connectivity index (χ1) is 18.1. The van der Waals surface area contributed by atoms with Gasteiger partial charge in [-0.25, -0.2) is 8.42 Å². The quantitative estimate of drug-likeness (QED) is 0.0965. The van der Waals surface area contributed by atoms with Crippen LogP contribution in [0.5, 0.6) is 0 Å². The first-order valence-corrected chi connectivity index (χ1v) is 13.8. The van der Waals surface area contributed by atoms with E-state index in [1.165, 1.54) is 12.1 Å². The number of rotatable bonds is 11. The average molecular weight is 536 g/mol. The largest absolute Gasteiger partial charge is 0.387 e. The second-order valence-electron chi connectivity index (χ2n) is 9.84. The van der Waals surface area contributed by atoms with Crippen molar-refractivity contribution in [1.82, 2.24) is 15.4 Å². The fraction of sp³-hybridized carbons (Fsp3) is 0.250. The maximum Gasteiger partial charge on any atom is 0.261 e. The number of hydroxylamine groups is 1. The summed E-state index contributed by atoms with van der Waals surface area (Å²) in [6.07, 6.45) is 1.96. The Labute approximate surface area is 222 Å². The molecule has 200 valence electrons. The summed E-state index contributed by atoms with van der Waals surface area (Å²) in [6, 6.07) is 22.5. The predicted octanol–water partition coefficient (Wildman–Crippen LogP) is 4.24. The number of β-amino-alcohol motifs (C(OH)–C–C–N with tert-alkyl or cyclic N) is 1. The van der Waals surface area contributed by atoms with Crippen LogP contribution in [0.15, 0.2) is 90.0 Å². The van der Waals surface area contributed by atoms with E-state index in [1.807, 2.05) is 29.9 Å².